The van der Waals surface area contributed by atoms with E-state index in [0.29, 0.717) is 17.8 Å². The Bertz CT molecular complexity index is 725. The van der Waals surface area contributed by atoms with Crippen molar-refractivity contribution in [3.63, 3.8) is 0 Å². The molecule has 0 saturated carbocycles. The van der Waals surface area contributed by atoms with Crippen LogP contribution in [-0.4, -0.2) is 57.5 Å². The molecule has 2 atom stereocenters. The first-order valence-electron chi connectivity index (χ1n) is 8.52. The predicted octanol–water partition coefficient (Wildman–Crippen LogP) is 2.65. The van der Waals surface area contributed by atoms with E-state index >= 15 is 0 Å². The Hall–Kier alpha value is -2.14. The SMILES string of the molecule is Cc1nc(C(=O)N2CC(C)N(C)[C@H](C)C2)c(C)n1-c1ccccc1. The van der Waals surface area contributed by atoms with E-state index in [0.717, 1.165) is 30.3 Å². The van der Waals surface area contributed by atoms with Crippen LogP contribution in [0.15, 0.2) is 30.3 Å². The average Bonchev–Trinajstić information content (AvgIpc) is 2.86. The molecule has 128 valence electrons. The molecule has 0 radical (unpaired) electrons. The number of hydrogen-bond acceptors (Lipinski definition) is 3. The summed E-state index contributed by atoms with van der Waals surface area (Å²) in [6, 6.07) is 10.8. The summed E-state index contributed by atoms with van der Waals surface area (Å²) < 4.78 is 2.05. The summed E-state index contributed by atoms with van der Waals surface area (Å²) in [5.74, 6) is 0.884. The third kappa shape index (κ3) is 2.84. The Morgan fingerprint density at radius 3 is 2.25 bits per heavy atom. The van der Waals surface area contributed by atoms with Crippen LogP contribution < -0.4 is 0 Å². The summed E-state index contributed by atoms with van der Waals surface area (Å²) in [5.41, 5.74) is 2.52. The number of carbonyl (C=O) groups is 1. The Kier molecular flexibility index (Phi) is 4.45. The van der Waals surface area contributed by atoms with Crippen molar-refractivity contribution in [1.29, 1.82) is 0 Å². The van der Waals surface area contributed by atoms with Gasteiger partial charge in [0.05, 0.1) is 5.69 Å². The van der Waals surface area contributed by atoms with Crippen molar-refractivity contribution in [2.24, 2.45) is 0 Å². The van der Waals surface area contributed by atoms with Crippen LogP contribution in [0, 0.1) is 13.8 Å². The number of rotatable bonds is 2. The molecule has 0 aliphatic carbocycles. The molecule has 0 N–H and O–H groups in total. The molecule has 0 bridgehead atoms. The summed E-state index contributed by atoms with van der Waals surface area (Å²) in [4.78, 5) is 21.9. The highest BCUT2D eigenvalue weighted by atomic mass is 16.2. The van der Waals surface area contributed by atoms with Crippen LogP contribution in [0.2, 0.25) is 0 Å². The minimum absolute atomic E-state index is 0.0390. The van der Waals surface area contributed by atoms with Gasteiger partial charge in [-0.25, -0.2) is 4.98 Å². The van der Waals surface area contributed by atoms with Crippen molar-refractivity contribution < 1.29 is 4.79 Å². The van der Waals surface area contributed by atoms with Crippen LogP contribution in [0.4, 0.5) is 0 Å². The number of aromatic nitrogens is 2. The topological polar surface area (TPSA) is 41.4 Å². The second-order valence-corrected chi connectivity index (χ2v) is 6.84. The molecule has 2 aromatic rings. The number of benzene rings is 1. The first kappa shape index (κ1) is 16.7. The quantitative estimate of drug-likeness (QED) is 0.852. The summed E-state index contributed by atoms with van der Waals surface area (Å²) in [5, 5.41) is 0. The van der Waals surface area contributed by atoms with Gasteiger partial charge in [-0.2, -0.15) is 0 Å². The number of nitrogens with zero attached hydrogens (tertiary/aromatic N) is 4. The lowest BCUT2D eigenvalue weighted by atomic mass is 10.1. The summed E-state index contributed by atoms with van der Waals surface area (Å²) in [6.45, 7) is 9.75. The molecule has 1 aromatic carbocycles. The van der Waals surface area contributed by atoms with Gasteiger partial charge in [-0.1, -0.05) is 18.2 Å². The van der Waals surface area contributed by atoms with Gasteiger partial charge in [0.1, 0.15) is 11.5 Å². The summed E-state index contributed by atoms with van der Waals surface area (Å²) in [6.07, 6.45) is 0. The van der Waals surface area contributed by atoms with E-state index in [-0.39, 0.29) is 5.91 Å². The van der Waals surface area contributed by atoms with Gasteiger partial charge in [0, 0.05) is 30.9 Å². The van der Waals surface area contributed by atoms with Crippen LogP contribution >= 0.6 is 0 Å². The highest BCUT2D eigenvalue weighted by Crippen LogP contribution is 2.21. The maximum Gasteiger partial charge on any atom is 0.274 e. The molecule has 1 saturated heterocycles. The van der Waals surface area contributed by atoms with Crippen LogP contribution in [0.3, 0.4) is 0 Å². The standard InChI is InChI=1S/C19H26N4O/c1-13-11-22(12-14(2)21(13)5)19(24)18-15(3)23(16(4)20-18)17-9-7-6-8-10-17/h6-10,13-14H,11-12H2,1-5H3/t13-,14?/m1/s1. The van der Waals surface area contributed by atoms with Gasteiger partial charge in [0.2, 0.25) is 0 Å². The minimum Gasteiger partial charge on any atom is -0.334 e. The van der Waals surface area contributed by atoms with Crippen LogP contribution in [0.5, 0.6) is 0 Å². The van der Waals surface area contributed by atoms with Crippen molar-refractivity contribution in [3.8, 4) is 5.69 Å². The number of amides is 1. The fraction of sp³-hybridized carbons (Fsp3) is 0.474. The van der Waals surface area contributed by atoms with Crippen molar-refractivity contribution in [2.45, 2.75) is 39.8 Å². The van der Waals surface area contributed by atoms with Crippen molar-refractivity contribution in [2.75, 3.05) is 20.1 Å². The largest absolute Gasteiger partial charge is 0.334 e. The van der Waals surface area contributed by atoms with Crippen LogP contribution in [0.1, 0.15) is 35.9 Å². The second-order valence-electron chi connectivity index (χ2n) is 6.84. The van der Waals surface area contributed by atoms with E-state index in [1.165, 1.54) is 0 Å². The van der Waals surface area contributed by atoms with Gasteiger partial charge in [-0.15, -0.1) is 0 Å². The predicted molar refractivity (Wildman–Crippen MR) is 95.6 cm³/mol. The molecular weight excluding hydrogens is 300 g/mol. The Morgan fingerprint density at radius 2 is 1.67 bits per heavy atom. The molecule has 1 aliphatic rings. The lowest BCUT2D eigenvalue weighted by molar-refractivity contribution is 0.0409. The van der Waals surface area contributed by atoms with Crippen molar-refractivity contribution >= 4 is 5.91 Å². The monoisotopic (exact) mass is 326 g/mol. The lowest BCUT2D eigenvalue weighted by Crippen LogP contribution is -2.56. The zero-order valence-corrected chi connectivity index (χ0v) is 15.2. The summed E-state index contributed by atoms with van der Waals surface area (Å²) in [7, 11) is 2.12. The number of para-hydroxylation sites is 1. The minimum atomic E-state index is 0.0390. The van der Waals surface area contributed by atoms with E-state index < -0.39 is 0 Å². The van der Waals surface area contributed by atoms with E-state index in [1.807, 2.05) is 49.1 Å². The Balaban J connectivity index is 1.92. The highest BCUT2D eigenvalue weighted by Gasteiger charge is 2.32. The molecule has 2 heterocycles. The maximum atomic E-state index is 13.0. The third-order valence-corrected chi connectivity index (χ3v) is 5.14. The molecule has 5 heteroatoms. The summed E-state index contributed by atoms with van der Waals surface area (Å²) >= 11 is 0. The van der Waals surface area contributed by atoms with Crippen LogP contribution in [-0.2, 0) is 0 Å². The number of aryl methyl sites for hydroxylation is 1. The van der Waals surface area contributed by atoms with Crippen molar-refractivity contribution in [3.05, 3.63) is 47.5 Å². The van der Waals surface area contributed by atoms with Crippen molar-refractivity contribution in [1.82, 2.24) is 19.4 Å². The molecular formula is C19H26N4O. The number of hydrogen-bond donors (Lipinski definition) is 0. The fourth-order valence-corrected chi connectivity index (χ4v) is 3.52. The van der Waals surface area contributed by atoms with Gasteiger partial charge in [-0.05, 0) is 46.9 Å². The number of likely N-dealkylation sites (N-methyl/N-ethyl adjacent to an activating group) is 1. The van der Waals surface area contributed by atoms with Gasteiger partial charge in [0.25, 0.3) is 5.91 Å². The average molecular weight is 326 g/mol. The molecule has 1 aromatic heterocycles. The van der Waals surface area contributed by atoms with E-state index in [1.54, 1.807) is 0 Å². The Morgan fingerprint density at radius 1 is 1.08 bits per heavy atom. The molecule has 1 fully saturated rings. The number of imidazole rings is 1. The molecule has 1 amide bonds. The van der Waals surface area contributed by atoms with E-state index in [4.69, 9.17) is 0 Å². The van der Waals surface area contributed by atoms with Gasteiger partial charge in [-0.3, -0.25) is 9.69 Å². The second kappa shape index (κ2) is 6.40. The Labute approximate surface area is 143 Å². The number of piperazine rings is 1. The smallest absolute Gasteiger partial charge is 0.274 e. The highest BCUT2D eigenvalue weighted by molar-refractivity contribution is 5.94. The number of carbonyl (C=O) groups excluding carboxylic acids is 1. The van der Waals surface area contributed by atoms with Crippen LogP contribution in [0.25, 0.3) is 5.69 Å². The van der Waals surface area contributed by atoms with E-state index in [2.05, 4.69) is 35.3 Å². The first-order valence-corrected chi connectivity index (χ1v) is 8.52. The molecule has 1 unspecified atom stereocenters. The zero-order valence-electron chi connectivity index (χ0n) is 15.2. The normalized spacial score (nSPS) is 22.0. The van der Waals surface area contributed by atoms with E-state index in [9.17, 15) is 4.79 Å². The lowest BCUT2D eigenvalue weighted by Gasteiger charge is -2.42. The third-order valence-electron chi connectivity index (χ3n) is 5.14. The maximum absolute atomic E-state index is 13.0. The van der Waals surface area contributed by atoms with Gasteiger partial charge < -0.3 is 9.47 Å². The molecule has 0 spiro atoms. The first-order chi connectivity index (χ1) is 11.4. The molecule has 24 heavy (non-hydrogen) atoms. The molecule has 5 nitrogen and oxygen atoms in total. The van der Waals surface area contributed by atoms with Gasteiger partial charge >= 0.3 is 0 Å². The van der Waals surface area contributed by atoms with Gasteiger partial charge in [0.15, 0.2) is 0 Å². The zero-order chi connectivity index (χ0) is 17.4. The molecule has 3 rings (SSSR count). The molecule has 1 aliphatic heterocycles. The fourth-order valence-electron chi connectivity index (χ4n) is 3.52.